The molecule has 2 aliphatic heterocycles. The Kier molecular flexibility index (Phi) is 5.21. The van der Waals surface area contributed by atoms with Gasteiger partial charge in [0.1, 0.15) is 18.8 Å². The summed E-state index contributed by atoms with van der Waals surface area (Å²) in [6.07, 6.45) is 0. The molecule has 0 spiro atoms. The zero-order valence-electron chi connectivity index (χ0n) is 18.5. The van der Waals surface area contributed by atoms with E-state index < -0.39 is 10.0 Å². The highest BCUT2D eigenvalue weighted by atomic mass is 32.2. The Morgan fingerprint density at radius 3 is 2.47 bits per heavy atom. The Morgan fingerprint density at radius 2 is 1.78 bits per heavy atom. The molecule has 32 heavy (non-hydrogen) atoms. The Labute approximate surface area is 189 Å². The third-order valence-electron chi connectivity index (χ3n) is 6.75. The van der Waals surface area contributed by atoms with Gasteiger partial charge in [-0.15, -0.1) is 5.10 Å². The first-order valence-corrected chi connectivity index (χ1v) is 12.3. The molecule has 3 heterocycles. The number of benzene rings is 2. The minimum absolute atomic E-state index is 0.306. The summed E-state index contributed by atoms with van der Waals surface area (Å²) < 4.78 is 28.8. The molecule has 0 saturated carbocycles. The molecule has 8 heteroatoms. The summed E-state index contributed by atoms with van der Waals surface area (Å²) in [5.41, 5.74) is 4.65. The number of quaternary nitrogens is 1. The summed E-state index contributed by atoms with van der Waals surface area (Å²) in [5.74, 6) is 0.916. The van der Waals surface area contributed by atoms with Gasteiger partial charge in [0.15, 0.2) is 0 Å². The van der Waals surface area contributed by atoms with Crippen LogP contribution in [0.3, 0.4) is 0 Å². The number of hydrogen-bond donors (Lipinski definition) is 1. The van der Waals surface area contributed by atoms with Crippen LogP contribution >= 0.6 is 0 Å². The molecule has 3 aromatic rings. The smallest absolute Gasteiger partial charge is 0.256 e. The predicted molar refractivity (Wildman–Crippen MR) is 125 cm³/mol. The molecule has 0 amide bonds. The van der Waals surface area contributed by atoms with Gasteiger partial charge in [0.25, 0.3) is 5.82 Å². The van der Waals surface area contributed by atoms with Crippen molar-refractivity contribution in [1.82, 2.24) is 23.9 Å². The first-order chi connectivity index (χ1) is 15.3. The maximum absolute atomic E-state index is 13.3. The van der Waals surface area contributed by atoms with E-state index in [2.05, 4.69) is 29.2 Å². The van der Waals surface area contributed by atoms with Gasteiger partial charge in [0, 0.05) is 19.6 Å². The van der Waals surface area contributed by atoms with E-state index in [1.54, 1.807) is 22.5 Å². The van der Waals surface area contributed by atoms with Gasteiger partial charge >= 0.3 is 0 Å². The molecule has 1 fully saturated rings. The summed E-state index contributed by atoms with van der Waals surface area (Å²) in [5, 5.41) is 7.89. The average molecular weight is 451 g/mol. The minimum Gasteiger partial charge on any atom is -0.295 e. The van der Waals surface area contributed by atoms with Gasteiger partial charge in [-0.25, -0.2) is 12.9 Å². The lowest BCUT2D eigenvalue weighted by Crippen LogP contribution is -2.57. The van der Waals surface area contributed by atoms with Crippen LogP contribution in [0.5, 0.6) is 0 Å². The SMILES string of the molecule is [CH]c1ccc([N+]2(c3n[nH]c4c3CN(S(=O)(=O)c3cccc(C)c3)C4)CCN(C)CC2)cc1. The third kappa shape index (κ3) is 3.47. The van der Waals surface area contributed by atoms with Gasteiger partial charge in [0.05, 0.1) is 22.7 Å². The summed E-state index contributed by atoms with van der Waals surface area (Å²) >= 11 is 0. The van der Waals surface area contributed by atoms with Crippen LogP contribution in [-0.2, 0) is 23.1 Å². The fourth-order valence-electron chi connectivity index (χ4n) is 4.80. The third-order valence-corrected chi connectivity index (χ3v) is 8.53. The normalized spacial score (nSPS) is 19.2. The van der Waals surface area contributed by atoms with Gasteiger partial charge in [-0.3, -0.25) is 10.00 Å². The van der Waals surface area contributed by atoms with Crippen LogP contribution in [0.15, 0.2) is 53.4 Å². The maximum atomic E-state index is 13.3. The van der Waals surface area contributed by atoms with E-state index in [4.69, 9.17) is 12.0 Å². The van der Waals surface area contributed by atoms with Crippen molar-refractivity contribution in [1.29, 1.82) is 0 Å². The fourth-order valence-corrected chi connectivity index (χ4v) is 6.28. The number of rotatable bonds is 4. The van der Waals surface area contributed by atoms with E-state index in [1.807, 2.05) is 25.1 Å². The molecule has 2 radical (unpaired) electrons. The first-order valence-electron chi connectivity index (χ1n) is 10.8. The van der Waals surface area contributed by atoms with Gasteiger partial charge in [-0.1, -0.05) is 24.3 Å². The number of aromatic nitrogens is 2. The zero-order valence-corrected chi connectivity index (χ0v) is 19.3. The van der Waals surface area contributed by atoms with Crippen LogP contribution in [0.2, 0.25) is 0 Å². The summed E-state index contributed by atoms with van der Waals surface area (Å²) in [6, 6.07) is 15.1. The second kappa shape index (κ2) is 7.81. The quantitative estimate of drug-likeness (QED) is 0.621. The second-order valence-corrected chi connectivity index (χ2v) is 10.8. The number of likely N-dealkylation sites (N-methyl/N-ethyl adjacent to an activating group) is 1. The predicted octanol–water partition coefficient (Wildman–Crippen LogP) is 3.07. The highest BCUT2D eigenvalue weighted by Gasteiger charge is 2.45. The van der Waals surface area contributed by atoms with Crippen LogP contribution in [0.1, 0.15) is 22.4 Å². The summed E-state index contributed by atoms with van der Waals surface area (Å²) in [4.78, 5) is 2.65. The van der Waals surface area contributed by atoms with E-state index >= 15 is 0 Å². The van der Waals surface area contributed by atoms with Crippen LogP contribution in [0, 0.1) is 13.8 Å². The van der Waals surface area contributed by atoms with Crippen molar-refractivity contribution in [3.63, 3.8) is 0 Å². The number of aromatic amines is 1. The van der Waals surface area contributed by atoms with Gasteiger partial charge in [-0.05, 0) is 56.3 Å². The van der Waals surface area contributed by atoms with E-state index in [-0.39, 0.29) is 0 Å². The number of sulfonamides is 1. The van der Waals surface area contributed by atoms with Gasteiger partial charge < -0.3 is 0 Å². The number of nitrogens with zero attached hydrogens (tertiary/aromatic N) is 4. The van der Waals surface area contributed by atoms with Crippen molar-refractivity contribution in [2.45, 2.75) is 24.9 Å². The molecule has 1 aromatic heterocycles. The van der Waals surface area contributed by atoms with Crippen molar-refractivity contribution in [3.8, 4) is 0 Å². The molecule has 0 bridgehead atoms. The molecule has 166 valence electrons. The lowest BCUT2D eigenvalue weighted by Gasteiger charge is -2.42. The molecule has 5 rings (SSSR count). The van der Waals surface area contributed by atoms with E-state index in [1.165, 1.54) is 0 Å². The molecular formula is C24H28N5O2S+. The Morgan fingerprint density at radius 1 is 1.06 bits per heavy atom. The second-order valence-electron chi connectivity index (χ2n) is 8.90. The van der Waals surface area contributed by atoms with Crippen molar-refractivity contribution < 1.29 is 8.42 Å². The fraction of sp³-hybridized carbons (Fsp3) is 0.333. The van der Waals surface area contributed by atoms with Gasteiger partial charge in [-0.2, -0.15) is 4.31 Å². The highest BCUT2D eigenvalue weighted by molar-refractivity contribution is 7.89. The maximum Gasteiger partial charge on any atom is 0.256 e. The Hall–Kier alpha value is -2.52. The molecule has 0 aliphatic carbocycles. The zero-order chi connectivity index (χ0) is 22.5. The van der Waals surface area contributed by atoms with Crippen molar-refractivity contribution in [3.05, 3.63) is 77.8 Å². The Bertz CT molecular complexity index is 1240. The molecule has 1 saturated heterocycles. The number of fused-ring (bicyclic) bond motifs is 1. The van der Waals surface area contributed by atoms with Crippen LogP contribution < -0.4 is 4.48 Å². The number of H-pyrrole nitrogens is 1. The summed E-state index contributed by atoms with van der Waals surface area (Å²) in [7, 11) is -1.46. The lowest BCUT2D eigenvalue weighted by atomic mass is 10.1. The van der Waals surface area contributed by atoms with Crippen LogP contribution in [-0.4, -0.2) is 61.0 Å². The van der Waals surface area contributed by atoms with Crippen molar-refractivity contribution in [2.24, 2.45) is 0 Å². The van der Waals surface area contributed by atoms with Crippen molar-refractivity contribution in [2.75, 3.05) is 33.2 Å². The Balaban J connectivity index is 1.53. The molecular weight excluding hydrogens is 422 g/mol. The minimum atomic E-state index is -3.59. The first kappa shape index (κ1) is 21.3. The number of aryl methyl sites for hydroxylation is 1. The van der Waals surface area contributed by atoms with E-state index in [0.29, 0.717) is 22.5 Å². The lowest BCUT2D eigenvalue weighted by molar-refractivity contribution is 0.200. The average Bonchev–Trinajstić information content (AvgIpc) is 3.37. The molecule has 2 aromatic carbocycles. The number of nitrogens with one attached hydrogen (secondary N) is 1. The highest BCUT2D eigenvalue weighted by Crippen LogP contribution is 2.41. The summed E-state index contributed by atoms with van der Waals surface area (Å²) in [6.45, 7) is 12.1. The standard InChI is InChI=1S/C24H28N5O2S/c1-18-7-9-20(10-8-18)29(13-11-27(3)12-14-29)24-22-16-28(17-23(22)25-26-24)32(30,31)21-6-4-5-19(2)15-21/h1,4-10,15H,11-14,16-17H2,2-3H3,(H,25,26)/q+1. The van der Waals surface area contributed by atoms with E-state index in [9.17, 15) is 8.42 Å². The molecule has 0 atom stereocenters. The monoisotopic (exact) mass is 450 g/mol. The van der Waals surface area contributed by atoms with Crippen LogP contribution in [0.4, 0.5) is 11.5 Å². The molecule has 0 unspecified atom stereocenters. The van der Waals surface area contributed by atoms with Gasteiger partial charge in [0.2, 0.25) is 10.0 Å². The topological polar surface area (TPSA) is 69.3 Å². The molecule has 2 aliphatic rings. The van der Waals surface area contributed by atoms with E-state index in [0.717, 1.165) is 60.1 Å². The molecule has 7 nitrogen and oxygen atoms in total. The largest absolute Gasteiger partial charge is 0.295 e. The van der Waals surface area contributed by atoms with Crippen molar-refractivity contribution >= 4 is 21.5 Å². The number of hydrogen-bond acceptors (Lipinski definition) is 4. The molecule has 1 N–H and O–H groups in total. The van der Waals surface area contributed by atoms with Crippen LogP contribution in [0.25, 0.3) is 0 Å². The number of piperazine rings is 1.